The van der Waals surface area contributed by atoms with Crippen LogP contribution in [-0.2, 0) is 11.2 Å². The molecular formula is C16H20N2O2S. The molecule has 1 aromatic carbocycles. The van der Waals surface area contributed by atoms with Crippen LogP contribution >= 0.6 is 11.3 Å². The molecule has 1 heterocycles. The van der Waals surface area contributed by atoms with Crippen molar-refractivity contribution in [2.75, 3.05) is 5.32 Å². The van der Waals surface area contributed by atoms with Gasteiger partial charge in [0.15, 0.2) is 0 Å². The number of anilines is 1. The highest BCUT2D eigenvalue weighted by Gasteiger charge is 2.10. The standard InChI is InChI=1S/C16H20N2O2S/c1-11(19)14-7-3-4-8-15(14)18-16(20)9-5-6-13-10-21-12(2)17-13/h3-4,7-8,10-11,19H,5-6,9H2,1-2H3,(H,18,20). The maximum atomic E-state index is 12.0. The molecular weight excluding hydrogens is 284 g/mol. The van der Waals surface area contributed by atoms with Gasteiger partial charge in [0.25, 0.3) is 0 Å². The van der Waals surface area contributed by atoms with Gasteiger partial charge in [0.05, 0.1) is 16.8 Å². The fraction of sp³-hybridized carbons (Fsp3) is 0.375. The average molecular weight is 304 g/mol. The first kappa shape index (κ1) is 15.7. The maximum absolute atomic E-state index is 12.0. The Morgan fingerprint density at radius 2 is 2.19 bits per heavy atom. The maximum Gasteiger partial charge on any atom is 0.224 e. The van der Waals surface area contributed by atoms with Gasteiger partial charge in [0.2, 0.25) is 5.91 Å². The number of aliphatic hydroxyl groups excluding tert-OH is 1. The van der Waals surface area contributed by atoms with Gasteiger partial charge in [-0.05, 0) is 32.8 Å². The van der Waals surface area contributed by atoms with Gasteiger partial charge < -0.3 is 10.4 Å². The lowest BCUT2D eigenvalue weighted by Crippen LogP contribution is -2.13. The molecule has 0 saturated carbocycles. The lowest BCUT2D eigenvalue weighted by atomic mass is 10.1. The first-order chi connectivity index (χ1) is 10.1. The number of carbonyl (C=O) groups is 1. The molecule has 1 unspecified atom stereocenters. The summed E-state index contributed by atoms with van der Waals surface area (Å²) in [6.45, 7) is 3.67. The van der Waals surface area contributed by atoms with Gasteiger partial charge in [-0.1, -0.05) is 18.2 Å². The number of rotatable bonds is 6. The van der Waals surface area contributed by atoms with Crippen LogP contribution < -0.4 is 5.32 Å². The summed E-state index contributed by atoms with van der Waals surface area (Å²) < 4.78 is 0. The lowest BCUT2D eigenvalue weighted by molar-refractivity contribution is -0.116. The second kappa shape index (κ2) is 7.33. The van der Waals surface area contributed by atoms with Crippen molar-refractivity contribution >= 4 is 22.9 Å². The predicted octanol–water partition coefficient (Wildman–Crippen LogP) is 3.47. The molecule has 0 aliphatic heterocycles. The highest BCUT2D eigenvalue weighted by molar-refractivity contribution is 7.09. The van der Waals surface area contributed by atoms with Gasteiger partial charge in [0, 0.05) is 23.1 Å². The van der Waals surface area contributed by atoms with Gasteiger partial charge in [-0.2, -0.15) is 0 Å². The second-order valence-corrected chi connectivity index (χ2v) is 6.09. The lowest BCUT2D eigenvalue weighted by Gasteiger charge is -2.12. The van der Waals surface area contributed by atoms with Crippen molar-refractivity contribution < 1.29 is 9.90 Å². The zero-order chi connectivity index (χ0) is 15.2. The Kier molecular flexibility index (Phi) is 5.47. The topological polar surface area (TPSA) is 62.2 Å². The fourth-order valence-electron chi connectivity index (χ4n) is 2.14. The predicted molar refractivity (Wildman–Crippen MR) is 85.5 cm³/mol. The van der Waals surface area contributed by atoms with E-state index in [1.165, 1.54) is 0 Å². The first-order valence-corrected chi connectivity index (χ1v) is 7.92. The number of amides is 1. The van der Waals surface area contributed by atoms with E-state index in [0.717, 1.165) is 29.1 Å². The largest absolute Gasteiger partial charge is 0.389 e. The van der Waals surface area contributed by atoms with Crippen LogP contribution in [0.1, 0.15) is 42.1 Å². The molecule has 0 saturated heterocycles. The van der Waals surface area contributed by atoms with Crippen molar-refractivity contribution in [3.8, 4) is 0 Å². The van der Waals surface area contributed by atoms with Crippen LogP contribution in [0.25, 0.3) is 0 Å². The quantitative estimate of drug-likeness (QED) is 0.859. The molecule has 0 aliphatic carbocycles. The Bertz CT molecular complexity index is 608. The first-order valence-electron chi connectivity index (χ1n) is 7.04. The minimum absolute atomic E-state index is 0.0324. The van der Waals surface area contributed by atoms with Crippen molar-refractivity contribution in [2.45, 2.75) is 39.2 Å². The molecule has 21 heavy (non-hydrogen) atoms. The van der Waals surface area contributed by atoms with Gasteiger partial charge >= 0.3 is 0 Å². The summed E-state index contributed by atoms with van der Waals surface area (Å²) in [4.78, 5) is 16.4. The SMILES string of the molecule is Cc1nc(CCCC(=O)Nc2ccccc2C(C)O)cs1. The zero-order valence-electron chi connectivity index (χ0n) is 12.3. The third kappa shape index (κ3) is 4.65. The molecule has 2 rings (SSSR count). The summed E-state index contributed by atoms with van der Waals surface area (Å²) in [6, 6.07) is 7.32. The molecule has 1 atom stereocenters. The molecule has 2 aromatic rings. The summed E-state index contributed by atoms with van der Waals surface area (Å²) in [7, 11) is 0. The van der Waals surface area contributed by atoms with Crippen molar-refractivity contribution in [3.05, 3.63) is 45.9 Å². The van der Waals surface area contributed by atoms with Crippen LogP contribution in [0, 0.1) is 6.92 Å². The molecule has 4 nitrogen and oxygen atoms in total. The molecule has 5 heteroatoms. The van der Waals surface area contributed by atoms with Gasteiger partial charge in [-0.25, -0.2) is 4.98 Å². The number of aliphatic hydroxyl groups is 1. The minimum atomic E-state index is -0.598. The molecule has 0 bridgehead atoms. The highest BCUT2D eigenvalue weighted by atomic mass is 32.1. The fourth-order valence-corrected chi connectivity index (χ4v) is 2.79. The van der Waals surface area contributed by atoms with Crippen LogP contribution in [0.5, 0.6) is 0 Å². The second-order valence-electron chi connectivity index (χ2n) is 5.02. The third-order valence-corrected chi connectivity index (χ3v) is 4.01. The Balaban J connectivity index is 1.84. The van der Waals surface area contributed by atoms with Gasteiger partial charge in [0.1, 0.15) is 0 Å². The normalized spacial score (nSPS) is 12.1. The number of carbonyl (C=O) groups excluding carboxylic acids is 1. The smallest absolute Gasteiger partial charge is 0.224 e. The third-order valence-electron chi connectivity index (χ3n) is 3.19. The number of nitrogens with one attached hydrogen (secondary N) is 1. The minimum Gasteiger partial charge on any atom is -0.389 e. The summed E-state index contributed by atoms with van der Waals surface area (Å²) in [6.07, 6.45) is 1.44. The Morgan fingerprint density at radius 3 is 2.86 bits per heavy atom. The molecule has 0 aliphatic rings. The van der Waals surface area contributed by atoms with Crippen molar-refractivity contribution in [3.63, 3.8) is 0 Å². The molecule has 0 radical (unpaired) electrons. The van der Waals surface area contributed by atoms with Crippen LogP contribution in [-0.4, -0.2) is 16.0 Å². The summed E-state index contributed by atoms with van der Waals surface area (Å²) in [5.41, 5.74) is 2.47. The zero-order valence-corrected chi connectivity index (χ0v) is 13.1. The van der Waals surface area contributed by atoms with Gasteiger partial charge in [-0.15, -0.1) is 11.3 Å². The number of nitrogens with zero attached hydrogens (tertiary/aromatic N) is 1. The number of hydrogen-bond acceptors (Lipinski definition) is 4. The highest BCUT2D eigenvalue weighted by Crippen LogP contribution is 2.22. The van der Waals surface area contributed by atoms with Crippen molar-refractivity contribution in [2.24, 2.45) is 0 Å². The van der Waals surface area contributed by atoms with Gasteiger partial charge in [-0.3, -0.25) is 4.79 Å². The van der Waals surface area contributed by atoms with Crippen molar-refractivity contribution in [1.29, 1.82) is 0 Å². The van der Waals surface area contributed by atoms with Crippen LogP contribution in [0.3, 0.4) is 0 Å². The molecule has 0 fully saturated rings. The van der Waals surface area contributed by atoms with E-state index in [0.29, 0.717) is 12.1 Å². The van der Waals surface area contributed by atoms with E-state index in [9.17, 15) is 9.90 Å². The molecule has 1 amide bonds. The molecule has 2 N–H and O–H groups in total. The molecule has 1 aromatic heterocycles. The van der Waals surface area contributed by atoms with E-state index in [2.05, 4.69) is 10.3 Å². The number of aryl methyl sites for hydroxylation is 2. The van der Waals surface area contributed by atoms with E-state index in [1.807, 2.05) is 36.6 Å². The number of para-hydroxylation sites is 1. The molecule has 112 valence electrons. The summed E-state index contributed by atoms with van der Waals surface area (Å²) in [5, 5.41) is 15.6. The number of benzene rings is 1. The summed E-state index contributed by atoms with van der Waals surface area (Å²) >= 11 is 1.63. The van der Waals surface area contributed by atoms with Crippen LogP contribution in [0.15, 0.2) is 29.6 Å². The molecule has 0 spiro atoms. The monoisotopic (exact) mass is 304 g/mol. The van der Waals surface area contributed by atoms with E-state index < -0.39 is 6.10 Å². The Morgan fingerprint density at radius 1 is 1.43 bits per heavy atom. The van der Waals surface area contributed by atoms with Crippen LogP contribution in [0.2, 0.25) is 0 Å². The number of hydrogen-bond donors (Lipinski definition) is 2. The number of aromatic nitrogens is 1. The summed E-state index contributed by atoms with van der Waals surface area (Å²) in [5.74, 6) is -0.0324. The van der Waals surface area contributed by atoms with E-state index in [4.69, 9.17) is 0 Å². The van der Waals surface area contributed by atoms with E-state index >= 15 is 0 Å². The Labute approximate surface area is 128 Å². The van der Waals surface area contributed by atoms with E-state index in [-0.39, 0.29) is 5.91 Å². The van der Waals surface area contributed by atoms with Crippen molar-refractivity contribution in [1.82, 2.24) is 4.98 Å². The Hall–Kier alpha value is -1.72. The van der Waals surface area contributed by atoms with Crippen LogP contribution in [0.4, 0.5) is 5.69 Å². The van der Waals surface area contributed by atoms with E-state index in [1.54, 1.807) is 18.3 Å². The average Bonchev–Trinajstić information content (AvgIpc) is 2.85. The number of thiazole rings is 1.